The molecule has 0 saturated heterocycles. The molecule has 1 atom stereocenters. The van der Waals surface area contributed by atoms with Gasteiger partial charge in [0.05, 0.1) is 24.8 Å². The van der Waals surface area contributed by atoms with Gasteiger partial charge < -0.3 is 9.64 Å². The van der Waals surface area contributed by atoms with Crippen molar-refractivity contribution in [3.05, 3.63) is 52.4 Å². The number of hydrogen-bond donors (Lipinski definition) is 0. The van der Waals surface area contributed by atoms with Crippen LogP contribution in [-0.4, -0.2) is 30.7 Å². The summed E-state index contributed by atoms with van der Waals surface area (Å²) in [5.41, 5.74) is 3.19. The number of benzene rings is 1. The summed E-state index contributed by atoms with van der Waals surface area (Å²) < 4.78 is 5.74. The van der Waals surface area contributed by atoms with Crippen LogP contribution < -0.4 is 4.90 Å². The van der Waals surface area contributed by atoms with E-state index in [1.54, 1.807) is 0 Å². The molecule has 1 aliphatic rings. The minimum absolute atomic E-state index is 0.110. The Kier molecular flexibility index (Phi) is 3.59. The van der Waals surface area contributed by atoms with Crippen LogP contribution in [0.1, 0.15) is 22.7 Å². The number of rotatable bonds is 2. The van der Waals surface area contributed by atoms with Gasteiger partial charge in [-0.3, -0.25) is 0 Å². The summed E-state index contributed by atoms with van der Waals surface area (Å²) in [6.45, 7) is 1.15. The van der Waals surface area contributed by atoms with Crippen molar-refractivity contribution in [2.45, 2.75) is 12.5 Å². The maximum atomic E-state index is 6.09. The van der Waals surface area contributed by atoms with E-state index < -0.39 is 0 Å². The third kappa shape index (κ3) is 2.37. The van der Waals surface area contributed by atoms with Crippen LogP contribution in [-0.2, 0) is 11.3 Å². The van der Waals surface area contributed by atoms with Gasteiger partial charge >= 0.3 is 0 Å². The fourth-order valence-corrected chi connectivity index (χ4v) is 2.73. The molecule has 1 aliphatic heterocycles. The van der Waals surface area contributed by atoms with Crippen LogP contribution >= 0.6 is 11.6 Å². The quantitative estimate of drug-likeness (QED) is 0.797. The lowest BCUT2D eigenvalue weighted by Crippen LogP contribution is -2.24. The molecular formula is C15H16ClN3O. The molecule has 0 N–H and O–H groups in total. The number of nitrogens with zero attached hydrogens (tertiary/aromatic N) is 3. The molecule has 2 aromatic rings. The number of aromatic nitrogens is 2. The summed E-state index contributed by atoms with van der Waals surface area (Å²) in [7, 11) is 3.90. The average molecular weight is 290 g/mol. The molecule has 0 saturated carbocycles. The number of anilines is 1. The second-order valence-electron chi connectivity index (χ2n) is 5.05. The molecule has 0 fully saturated rings. The van der Waals surface area contributed by atoms with E-state index in [-0.39, 0.29) is 11.2 Å². The van der Waals surface area contributed by atoms with Crippen LogP contribution in [0.25, 0.3) is 0 Å². The highest BCUT2D eigenvalue weighted by atomic mass is 35.5. The van der Waals surface area contributed by atoms with E-state index in [9.17, 15) is 0 Å². The normalized spacial score (nSPS) is 17.6. The lowest BCUT2D eigenvalue weighted by atomic mass is 9.91. The minimum Gasteiger partial charge on any atom is -0.376 e. The first-order chi connectivity index (χ1) is 9.66. The SMILES string of the molecule is CN(C)c1nc(Cl)nc2c1COCC2c1ccccc1. The number of fused-ring (bicyclic) bond motifs is 1. The molecule has 3 rings (SSSR count). The van der Waals surface area contributed by atoms with E-state index in [0.29, 0.717) is 13.2 Å². The second-order valence-corrected chi connectivity index (χ2v) is 5.39. The molecule has 0 amide bonds. The molecule has 4 nitrogen and oxygen atoms in total. The average Bonchev–Trinajstić information content (AvgIpc) is 2.46. The fraction of sp³-hybridized carbons (Fsp3) is 0.333. The van der Waals surface area contributed by atoms with Crippen LogP contribution in [0.3, 0.4) is 0 Å². The highest BCUT2D eigenvalue weighted by Gasteiger charge is 2.28. The summed E-state index contributed by atoms with van der Waals surface area (Å²) in [5.74, 6) is 0.944. The molecule has 5 heteroatoms. The van der Waals surface area contributed by atoms with Crippen LogP contribution in [0.2, 0.25) is 5.28 Å². The Morgan fingerprint density at radius 1 is 1.20 bits per heavy atom. The van der Waals surface area contributed by atoms with Crippen molar-refractivity contribution in [2.75, 3.05) is 25.6 Å². The van der Waals surface area contributed by atoms with E-state index in [2.05, 4.69) is 22.1 Å². The van der Waals surface area contributed by atoms with Gasteiger partial charge in [0, 0.05) is 19.7 Å². The molecule has 20 heavy (non-hydrogen) atoms. The minimum atomic E-state index is 0.110. The van der Waals surface area contributed by atoms with E-state index >= 15 is 0 Å². The van der Waals surface area contributed by atoms with Gasteiger partial charge in [-0.1, -0.05) is 30.3 Å². The molecule has 1 aromatic heterocycles. The Balaban J connectivity index is 2.13. The zero-order chi connectivity index (χ0) is 14.1. The topological polar surface area (TPSA) is 38.2 Å². The number of halogens is 1. The van der Waals surface area contributed by atoms with E-state index in [1.807, 2.05) is 37.2 Å². The number of hydrogen-bond acceptors (Lipinski definition) is 4. The summed E-state index contributed by atoms with van der Waals surface area (Å²) in [5, 5.41) is 0.287. The molecule has 0 aliphatic carbocycles. The standard InChI is InChI=1S/C15H16ClN3O/c1-19(2)14-12-9-20-8-11(10-6-4-3-5-7-10)13(12)17-15(16)18-14/h3-7,11H,8-9H2,1-2H3. The molecular weight excluding hydrogens is 274 g/mol. The monoisotopic (exact) mass is 289 g/mol. The van der Waals surface area contributed by atoms with E-state index in [4.69, 9.17) is 16.3 Å². The van der Waals surface area contributed by atoms with Crippen LogP contribution in [0, 0.1) is 0 Å². The second kappa shape index (κ2) is 5.38. The molecule has 0 bridgehead atoms. The first-order valence-electron chi connectivity index (χ1n) is 6.53. The summed E-state index contributed by atoms with van der Waals surface area (Å²) in [4.78, 5) is 10.7. The molecule has 0 radical (unpaired) electrons. The van der Waals surface area contributed by atoms with E-state index in [0.717, 1.165) is 17.1 Å². The zero-order valence-corrected chi connectivity index (χ0v) is 12.3. The summed E-state index contributed by atoms with van der Waals surface area (Å²) >= 11 is 6.09. The summed E-state index contributed by atoms with van der Waals surface area (Å²) in [6, 6.07) is 10.2. The van der Waals surface area contributed by atoms with Crippen molar-refractivity contribution in [1.29, 1.82) is 0 Å². The number of ether oxygens (including phenoxy) is 1. The Morgan fingerprint density at radius 2 is 1.95 bits per heavy atom. The summed E-state index contributed by atoms with van der Waals surface area (Å²) in [6.07, 6.45) is 0. The van der Waals surface area contributed by atoms with Gasteiger partial charge in [-0.15, -0.1) is 0 Å². The van der Waals surface area contributed by atoms with Gasteiger partial charge in [0.25, 0.3) is 0 Å². The predicted molar refractivity (Wildman–Crippen MR) is 79.3 cm³/mol. The highest BCUT2D eigenvalue weighted by Crippen LogP contribution is 2.35. The first kappa shape index (κ1) is 13.3. The van der Waals surface area contributed by atoms with Crippen molar-refractivity contribution in [3.8, 4) is 0 Å². The van der Waals surface area contributed by atoms with Crippen molar-refractivity contribution in [2.24, 2.45) is 0 Å². The van der Waals surface area contributed by atoms with Gasteiger partial charge in [0.15, 0.2) is 0 Å². The van der Waals surface area contributed by atoms with Crippen molar-refractivity contribution >= 4 is 17.4 Å². The maximum Gasteiger partial charge on any atom is 0.224 e. The first-order valence-corrected chi connectivity index (χ1v) is 6.91. The van der Waals surface area contributed by atoms with Crippen LogP contribution in [0.5, 0.6) is 0 Å². The van der Waals surface area contributed by atoms with Crippen LogP contribution in [0.15, 0.2) is 30.3 Å². The Bertz CT molecular complexity index is 616. The van der Waals surface area contributed by atoms with Gasteiger partial charge in [-0.25, -0.2) is 9.97 Å². The van der Waals surface area contributed by atoms with Crippen molar-refractivity contribution in [3.63, 3.8) is 0 Å². The Labute approximate surface area is 123 Å². The molecule has 1 unspecified atom stereocenters. The smallest absolute Gasteiger partial charge is 0.224 e. The lowest BCUT2D eigenvalue weighted by Gasteiger charge is -2.28. The Morgan fingerprint density at radius 3 is 2.65 bits per heavy atom. The van der Waals surface area contributed by atoms with Crippen molar-refractivity contribution in [1.82, 2.24) is 9.97 Å². The van der Waals surface area contributed by atoms with Gasteiger partial charge in [-0.05, 0) is 17.2 Å². The zero-order valence-electron chi connectivity index (χ0n) is 11.5. The molecule has 0 spiro atoms. The Hall–Kier alpha value is -1.65. The van der Waals surface area contributed by atoms with Crippen molar-refractivity contribution < 1.29 is 4.74 Å². The molecule has 1 aromatic carbocycles. The molecule has 2 heterocycles. The fourth-order valence-electron chi connectivity index (χ4n) is 2.56. The predicted octanol–water partition coefficient (Wildman–Crippen LogP) is 2.86. The van der Waals surface area contributed by atoms with E-state index in [1.165, 1.54) is 5.56 Å². The van der Waals surface area contributed by atoms with Gasteiger partial charge in [0.1, 0.15) is 5.82 Å². The largest absolute Gasteiger partial charge is 0.376 e. The maximum absolute atomic E-state index is 6.09. The van der Waals surface area contributed by atoms with Crippen LogP contribution in [0.4, 0.5) is 5.82 Å². The lowest BCUT2D eigenvalue weighted by molar-refractivity contribution is 0.0976. The highest BCUT2D eigenvalue weighted by molar-refractivity contribution is 6.28. The van der Waals surface area contributed by atoms with Gasteiger partial charge in [0.2, 0.25) is 5.28 Å². The third-order valence-corrected chi connectivity index (χ3v) is 3.65. The third-order valence-electron chi connectivity index (χ3n) is 3.48. The molecule has 104 valence electrons. The van der Waals surface area contributed by atoms with Gasteiger partial charge in [-0.2, -0.15) is 0 Å².